The van der Waals surface area contributed by atoms with E-state index in [0.29, 0.717) is 6.61 Å². The summed E-state index contributed by atoms with van der Waals surface area (Å²) in [4.78, 5) is 0. The van der Waals surface area contributed by atoms with E-state index in [-0.39, 0.29) is 42.0 Å². The minimum atomic E-state index is -2.02. The van der Waals surface area contributed by atoms with E-state index < -0.39 is 8.32 Å². The summed E-state index contributed by atoms with van der Waals surface area (Å²) in [5, 5.41) is 9.95. The standard InChI is InChI=1S/C22H37IO5Si/c1-15-19(13-24)27-18(12-23)21(28-29(6,7)22(2,3)4)20(15)26-14-16-8-10-17(25-5)11-9-16/h8-11,15,18-21,24H,12-14H2,1-7H3/t15-,18+,19-,20+,21+/m0/s1. The van der Waals surface area contributed by atoms with Gasteiger partial charge in [-0.3, -0.25) is 0 Å². The zero-order chi connectivity index (χ0) is 21.8. The molecule has 0 bridgehead atoms. The molecule has 0 radical (unpaired) electrons. The fourth-order valence-corrected chi connectivity index (χ4v) is 5.33. The smallest absolute Gasteiger partial charge is 0.192 e. The van der Waals surface area contributed by atoms with E-state index in [9.17, 15) is 5.11 Å². The van der Waals surface area contributed by atoms with Crippen LogP contribution in [0.4, 0.5) is 0 Å². The normalized spacial score (nSPS) is 28.4. The van der Waals surface area contributed by atoms with Crippen molar-refractivity contribution in [3.63, 3.8) is 0 Å². The quantitative estimate of drug-likeness (QED) is 0.294. The molecule has 0 aliphatic carbocycles. The molecule has 0 unspecified atom stereocenters. The van der Waals surface area contributed by atoms with Crippen molar-refractivity contribution in [1.29, 1.82) is 0 Å². The Hall–Kier alpha value is -0.193. The van der Waals surface area contributed by atoms with Gasteiger partial charge in [0.25, 0.3) is 0 Å². The molecule has 1 heterocycles. The molecule has 1 aromatic rings. The molecule has 1 fully saturated rings. The molecule has 0 saturated carbocycles. The van der Waals surface area contributed by atoms with Crippen molar-refractivity contribution in [2.45, 2.75) is 76.8 Å². The number of aliphatic hydroxyl groups is 1. The Bertz CT molecular complexity index is 631. The lowest BCUT2D eigenvalue weighted by Crippen LogP contribution is -2.60. The number of hydrogen-bond acceptors (Lipinski definition) is 5. The summed E-state index contributed by atoms with van der Waals surface area (Å²) >= 11 is 2.34. The van der Waals surface area contributed by atoms with Crippen LogP contribution in [0, 0.1) is 5.92 Å². The highest BCUT2D eigenvalue weighted by Gasteiger charge is 2.49. The van der Waals surface area contributed by atoms with E-state index in [1.165, 1.54) is 0 Å². The van der Waals surface area contributed by atoms with Gasteiger partial charge >= 0.3 is 0 Å². The second-order valence-electron chi connectivity index (χ2n) is 9.38. The van der Waals surface area contributed by atoms with Gasteiger partial charge in [0.05, 0.1) is 44.7 Å². The molecule has 1 saturated heterocycles. The van der Waals surface area contributed by atoms with E-state index in [2.05, 4.69) is 63.4 Å². The zero-order valence-corrected chi connectivity index (χ0v) is 21.9. The van der Waals surface area contributed by atoms with Crippen LogP contribution in [0.15, 0.2) is 24.3 Å². The minimum absolute atomic E-state index is 0.0104. The summed E-state index contributed by atoms with van der Waals surface area (Å²) in [7, 11) is -0.353. The van der Waals surface area contributed by atoms with E-state index in [4.69, 9.17) is 18.6 Å². The number of hydrogen-bond donors (Lipinski definition) is 1. The molecule has 1 aliphatic rings. The highest BCUT2D eigenvalue weighted by Crippen LogP contribution is 2.41. The van der Waals surface area contributed by atoms with Crippen molar-refractivity contribution in [2.75, 3.05) is 18.1 Å². The lowest BCUT2D eigenvalue weighted by Gasteiger charge is -2.49. The first-order valence-corrected chi connectivity index (χ1v) is 14.7. The van der Waals surface area contributed by atoms with Crippen LogP contribution >= 0.6 is 22.6 Å². The van der Waals surface area contributed by atoms with Gasteiger partial charge in [-0.15, -0.1) is 0 Å². The fraction of sp³-hybridized carbons (Fsp3) is 0.727. The number of aliphatic hydroxyl groups excluding tert-OH is 1. The van der Waals surface area contributed by atoms with Crippen molar-refractivity contribution >= 4 is 30.9 Å². The van der Waals surface area contributed by atoms with E-state index in [1.807, 2.05) is 24.3 Å². The number of rotatable bonds is 8. The third kappa shape index (κ3) is 6.17. The van der Waals surface area contributed by atoms with Crippen LogP contribution in [0.5, 0.6) is 5.75 Å². The maximum Gasteiger partial charge on any atom is 0.192 e. The zero-order valence-electron chi connectivity index (χ0n) is 18.8. The number of halogens is 1. The van der Waals surface area contributed by atoms with Gasteiger partial charge in [-0.1, -0.05) is 62.4 Å². The second kappa shape index (κ2) is 10.4. The molecule has 0 spiro atoms. The minimum Gasteiger partial charge on any atom is -0.497 e. The highest BCUT2D eigenvalue weighted by molar-refractivity contribution is 14.1. The second-order valence-corrected chi connectivity index (χ2v) is 15.0. The number of methoxy groups -OCH3 is 1. The monoisotopic (exact) mass is 536 g/mol. The maximum atomic E-state index is 9.85. The number of benzene rings is 1. The molecule has 1 aliphatic heterocycles. The predicted molar refractivity (Wildman–Crippen MR) is 127 cm³/mol. The average Bonchev–Trinajstić information content (AvgIpc) is 2.67. The van der Waals surface area contributed by atoms with Crippen LogP contribution in [-0.2, 0) is 20.5 Å². The molecule has 5 atom stereocenters. The number of alkyl halides is 1. The van der Waals surface area contributed by atoms with Gasteiger partial charge in [-0.05, 0) is 35.8 Å². The van der Waals surface area contributed by atoms with Crippen LogP contribution in [0.2, 0.25) is 18.1 Å². The van der Waals surface area contributed by atoms with E-state index >= 15 is 0 Å². The molecule has 29 heavy (non-hydrogen) atoms. The van der Waals surface area contributed by atoms with E-state index in [1.54, 1.807) is 7.11 Å². The predicted octanol–water partition coefficient (Wildman–Crippen LogP) is 4.80. The summed E-state index contributed by atoms with van der Waals surface area (Å²) in [5.74, 6) is 0.866. The third-order valence-corrected chi connectivity index (χ3v) is 11.7. The highest BCUT2D eigenvalue weighted by atomic mass is 127. The molecule has 0 aromatic heterocycles. The van der Waals surface area contributed by atoms with Crippen LogP contribution < -0.4 is 4.74 Å². The van der Waals surface area contributed by atoms with Crippen molar-refractivity contribution in [3.05, 3.63) is 29.8 Å². The Morgan fingerprint density at radius 2 is 1.72 bits per heavy atom. The van der Waals surface area contributed by atoms with Gasteiger partial charge in [0.1, 0.15) is 5.75 Å². The Labute approximate surface area is 190 Å². The van der Waals surface area contributed by atoms with Gasteiger partial charge in [0, 0.05) is 10.3 Å². The maximum absolute atomic E-state index is 9.85. The van der Waals surface area contributed by atoms with Gasteiger partial charge in [0.2, 0.25) is 0 Å². The molecule has 1 N–H and O–H groups in total. The lowest BCUT2D eigenvalue weighted by atomic mass is 9.88. The van der Waals surface area contributed by atoms with Gasteiger partial charge in [-0.2, -0.15) is 0 Å². The molecule has 1 aromatic carbocycles. The average molecular weight is 537 g/mol. The van der Waals surface area contributed by atoms with Crippen LogP contribution in [0.25, 0.3) is 0 Å². The fourth-order valence-electron chi connectivity index (χ4n) is 3.30. The summed E-state index contributed by atoms with van der Waals surface area (Å²) in [6.45, 7) is 13.8. The van der Waals surface area contributed by atoms with E-state index in [0.717, 1.165) is 15.7 Å². The molecule has 0 amide bonds. The first kappa shape index (κ1) is 25.1. The molecule has 5 nitrogen and oxygen atoms in total. The molecular formula is C22H37IO5Si. The Morgan fingerprint density at radius 1 is 1.10 bits per heavy atom. The Morgan fingerprint density at radius 3 is 2.21 bits per heavy atom. The van der Waals surface area contributed by atoms with Gasteiger partial charge < -0.3 is 23.7 Å². The Balaban J connectivity index is 2.24. The summed E-state index contributed by atoms with van der Waals surface area (Å²) in [6.07, 6.45) is -0.630. The van der Waals surface area contributed by atoms with Crippen molar-refractivity contribution in [1.82, 2.24) is 0 Å². The summed E-state index contributed by atoms with van der Waals surface area (Å²) in [6, 6.07) is 7.93. The molecular weight excluding hydrogens is 499 g/mol. The van der Waals surface area contributed by atoms with Crippen LogP contribution in [0.1, 0.15) is 33.3 Å². The van der Waals surface area contributed by atoms with Crippen LogP contribution in [0.3, 0.4) is 0 Å². The molecule has 2 rings (SSSR count). The molecule has 166 valence electrons. The SMILES string of the molecule is COc1ccc(CO[C@@H]2[C@@H](C)[C@H](CO)O[C@H](CI)[C@H]2O[Si](C)(C)C(C)(C)C)cc1. The lowest BCUT2D eigenvalue weighted by molar-refractivity contribution is -0.209. The van der Waals surface area contributed by atoms with Crippen molar-refractivity contribution in [2.24, 2.45) is 5.92 Å². The van der Waals surface area contributed by atoms with Gasteiger partial charge in [0.15, 0.2) is 8.32 Å². The molecule has 7 heteroatoms. The first-order valence-electron chi connectivity index (χ1n) is 10.3. The summed E-state index contributed by atoms with van der Waals surface area (Å²) in [5.41, 5.74) is 1.09. The first-order chi connectivity index (χ1) is 13.5. The summed E-state index contributed by atoms with van der Waals surface area (Å²) < 4.78 is 25.5. The topological polar surface area (TPSA) is 57.2 Å². The number of ether oxygens (including phenoxy) is 3. The Kier molecular flexibility index (Phi) is 9.00. The third-order valence-electron chi connectivity index (χ3n) is 6.31. The van der Waals surface area contributed by atoms with Crippen molar-refractivity contribution in [3.8, 4) is 5.75 Å². The van der Waals surface area contributed by atoms with Crippen molar-refractivity contribution < 1.29 is 23.7 Å². The largest absolute Gasteiger partial charge is 0.497 e. The van der Waals surface area contributed by atoms with Crippen LogP contribution in [-0.4, -0.2) is 56.0 Å². The van der Waals surface area contributed by atoms with Gasteiger partial charge in [-0.25, -0.2) is 0 Å².